The van der Waals surface area contributed by atoms with Crippen molar-refractivity contribution in [1.82, 2.24) is 4.90 Å². The first-order valence-corrected chi connectivity index (χ1v) is 7.24. The molecule has 1 saturated heterocycles. The lowest BCUT2D eigenvalue weighted by Crippen LogP contribution is -2.21. The topological polar surface area (TPSA) is 40.5 Å². The van der Waals surface area contributed by atoms with Crippen LogP contribution >= 0.6 is 11.6 Å². The van der Waals surface area contributed by atoms with Crippen LogP contribution in [0.15, 0.2) is 18.2 Å². The number of likely N-dealkylation sites (tertiary alicyclic amines) is 1. The zero-order valence-electron chi connectivity index (χ0n) is 10.9. The summed E-state index contributed by atoms with van der Waals surface area (Å²) in [5.74, 6) is -0.726. The number of hydrogen-bond acceptors (Lipinski definition) is 2. The van der Waals surface area contributed by atoms with E-state index in [-0.39, 0.29) is 0 Å². The number of benzene rings is 1. The molecule has 0 unspecified atom stereocenters. The molecule has 0 aromatic heterocycles. The van der Waals surface area contributed by atoms with Gasteiger partial charge in [0.05, 0.1) is 5.41 Å². The van der Waals surface area contributed by atoms with Crippen LogP contribution in [0.5, 0.6) is 0 Å². The van der Waals surface area contributed by atoms with Gasteiger partial charge in [0.15, 0.2) is 0 Å². The quantitative estimate of drug-likeness (QED) is 0.921. The van der Waals surface area contributed by atoms with Crippen LogP contribution in [0.2, 0.25) is 5.02 Å². The Morgan fingerprint density at radius 3 is 2.53 bits per heavy atom. The summed E-state index contributed by atoms with van der Waals surface area (Å²) in [6.45, 7) is 3.15. The molecule has 3 nitrogen and oxygen atoms in total. The second kappa shape index (κ2) is 4.80. The van der Waals surface area contributed by atoms with Gasteiger partial charge in [0.1, 0.15) is 0 Å². The summed E-state index contributed by atoms with van der Waals surface area (Å²) in [5.41, 5.74) is 1.30. The van der Waals surface area contributed by atoms with Crippen LogP contribution in [-0.2, 0) is 16.8 Å². The lowest BCUT2D eigenvalue weighted by Gasteiger charge is -2.17. The SMILES string of the molecule is O=C(O)C1(c2ccc(CN3CCCC3)c(Cl)c2)CC1. The summed E-state index contributed by atoms with van der Waals surface area (Å²) in [7, 11) is 0. The van der Waals surface area contributed by atoms with Crippen molar-refractivity contribution < 1.29 is 9.90 Å². The first-order chi connectivity index (χ1) is 9.12. The molecular weight excluding hydrogens is 262 g/mol. The molecule has 1 aliphatic heterocycles. The molecule has 1 aromatic rings. The van der Waals surface area contributed by atoms with E-state index in [1.54, 1.807) is 0 Å². The van der Waals surface area contributed by atoms with Crippen molar-refractivity contribution in [1.29, 1.82) is 0 Å². The molecule has 1 heterocycles. The van der Waals surface area contributed by atoms with Crippen molar-refractivity contribution in [3.8, 4) is 0 Å². The Bertz CT molecular complexity index is 505. The molecule has 2 aliphatic rings. The van der Waals surface area contributed by atoms with Crippen molar-refractivity contribution >= 4 is 17.6 Å². The van der Waals surface area contributed by atoms with Crippen LogP contribution in [-0.4, -0.2) is 29.1 Å². The minimum Gasteiger partial charge on any atom is -0.481 e. The van der Waals surface area contributed by atoms with Gasteiger partial charge in [-0.05, 0) is 56.0 Å². The fourth-order valence-corrected chi connectivity index (χ4v) is 3.15. The number of carboxylic acids is 1. The number of rotatable bonds is 4. The molecule has 4 heteroatoms. The Labute approximate surface area is 118 Å². The predicted octanol–water partition coefficient (Wildman–Crippen LogP) is 3.05. The number of halogens is 1. The highest BCUT2D eigenvalue weighted by Gasteiger charge is 2.51. The van der Waals surface area contributed by atoms with E-state index in [0.29, 0.717) is 5.02 Å². The van der Waals surface area contributed by atoms with Crippen molar-refractivity contribution in [2.75, 3.05) is 13.1 Å². The molecule has 0 spiro atoms. The minimum absolute atomic E-state index is 0.657. The van der Waals surface area contributed by atoms with Crippen molar-refractivity contribution in [2.24, 2.45) is 0 Å². The van der Waals surface area contributed by atoms with Crippen LogP contribution in [0.1, 0.15) is 36.8 Å². The standard InChI is InChI=1S/C15H18ClNO2/c16-13-9-12(15(5-6-15)14(18)19)4-3-11(13)10-17-7-1-2-8-17/h3-4,9H,1-2,5-8,10H2,(H,18,19). The maximum Gasteiger partial charge on any atom is 0.314 e. The Balaban J connectivity index is 1.80. The summed E-state index contributed by atoms with van der Waals surface area (Å²) >= 11 is 6.33. The summed E-state index contributed by atoms with van der Waals surface area (Å²) in [6, 6.07) is 5.80. The lowest BCUT2D eigenvalue weighted by atomic mass is 9.95. The number of aliphatic carboxylic acids is 1. The van der Waals surface area contributed by atoms with E-state index in [1.807, 2.05) is 18.2 Å². The maximum atomic E-state index is 11.3. The van der Waals surface area contributed by atoms with E-state index < -0.39 is 11.4 Å². The first kappa shape index (κ1) is 12.9. The minimum atomic E-state index is -0.726. The summed E-state index contributed by atoms with van der Waals surface area (Å²) < 4.78 is 0. The zero-order chi connectivity index (χ0) is 13.5. The number of hydrogen-bond donors (Lipinski definition) is 1. The molecule has 1 aliphatic carbocycles. The maximum absolute atomic E-state index is 11.3. The van der Waals surface area contributed by atoms with E-state index in [0.717, 1.165) is 43.6 Å². The van der Waals surface area contributed by atoms with Gasteiger partial charge in [0, 0.05) is 11.6 Å². The Morgan fingerprint density at radius 2 is 2.00 bits per heavy atom. The Kier molecular flexibility index (Phi) is 3.27. The van der Waals surface area contributed by atoms with Gasteiger partial charge in [-0.2, -0.15) is 0 Å². The number of nitrogens with zero attached hydrogens (tertiary/aromatic N) is 1. The van der Waals surface area contributed by atoms with E-state index in [1.165, 1.54) is 12.8 Å². The van der Waals surface area contributed by atoms with Crippen molar-refractivity contribution in [2.45, 2.75) is 37.6 Å². The monoisotopic (exact) mass is 279 g/mol. The fraction of sp³-hybridized carbons (Fsp3) is 0.533. The molecule has 0 atom stereocenters. The molecule has 1 N–H and O–H groups in total. The van der Waals surface area contributed by atoms with Crippen LogP contribution in [0, 0.1) is 0 Å². The van der Waals surface area contributed by atoms with Gasteiger partial charge in [-0.25, -0.2) is 0 Å². The average molecular weight is 280 g/mol. The van der Waals surface area contributed by atoms with Gasteiger partial charge in [0.25, 0.3) is 0 Å². The molecule has 0 amide bonds. The third kappa shape index (κ3) is 2.37. The molecule has 2 fully saturated rings. The normalized spacial score (nSPS) is 21.5. The Hall–Kier alpha value is -1.06. The van der Waals surface area contributed by atoms with Crippen molar-refractivity contribution in [3.05, 3.63) is 34.3 Å². The van der Waals surface area contributed by atoms with Gasteiger partial charge in [0.2, 0.25) is 0 Å². The number of carbonyl (C=O) groups is 1. The van der Waals surface area contributed by atoms with Crippen LogP contribution < -0.4 is 0 Å². The van der Waals surface area contributed by atoms with Gasteiger partial charge < -0.3 is 5.11 Å². The molecule has 0 bridgehead atoms. The second-order valence-electron chi connectivity index (χ2n) is 5.68. The van der Waals surface area contributed by atoms with Crippen molar-refractivity contribution in [3.63, 3.8) is 0 Å². The third-order valence-electron chi connectivity index (χ3n) is 4.36. The highest BCUT2D eigenvalue weighted by Crippen LogP contribution is 2.49. The first-order valence-electron chi connectivity index (χ1n) is 6.86. The van der Waals surface area contributed by atoms with Gasteiger partial charge in [-0.3, -0.25) is 9.69 Å². The van der Waals surface area contributed by atoms with Gasteiger partial charge >= 0.3 is 5.97 Å². The molecule has 1 aromatic carbocycles. The highest BCUT2D eigenvalue weighted by atomic mass is 35.5. The lowest BCUT2D eigenvalue weighted by molar-refractivity contribution is -0.140. The van der Waals surface area contributed by atoms with E-state index in [2.05, 4.69) is 4.90 Å². The summed E-state index contributed by atoms with van der Waals surface area (Å²) in [6.07, 6.45) is 3.98. The van der Waals surface area contributed by atoms with E-state index in [9.17, 15) is 9.90 Å². The van der Waals surface area contributed by atoms with Crippen LogP contribution in [0.4, 0.5) is 0 Å². The molecule has 0 radical (unpaired) electrons. The number of carboxylic acid groups (broad SMARTS) is 1. The highest BCUT2D eigenvalue weighted by molar-refractivity contribution is 6.31. The molecule has 102 valence electrons. The summed E-state index contributed by atoms with van der Waals surface area (Å²) in [5, 5.41) is 10.0. The van der Waals surface area contributed by atoms with E-state index >= 15 is 0 Å². The van der Waals surface area contributed by atoms with Gasteiger partial charge in [-0.1, -0.05) is 23.7 Å². The second-order valence-corrected chi connectivity index (χ2v) is 6.08. The molecule has 19 heavy (non-hydrogen) atoms. The zero-order valence-corrected chi connectivity index (χ0v) is 11.6. The van der Waals surface area contributed by atoms with Gasteiger partial charge in [-0.15, -0.1) is 0 Å². The molecule has 1 saturated carbocycles. The smallest absolute Gasteiger partial charge is 0.314 e. The average Bonchev–Trinajstić information content (AvgIpc) is 3.05. The largest absolute Gasteiger partial charge is 0.481 e. The van der Waals surface area contributed by atoms with Crippen LogP contribution in [0.3, 0.4) is 0 Å². The van der Waals surface area contributed by atoms with Crippen LogP contribution in [0.25, 0.3) is 0 Å². The third-order valence-corrected chi connectivity index (χ3v) is 4.71. The predicted molar refractivity (Wildman–Crippen MR) is 74.5 cm³/mol. The van der Waals surface area contributed by atoms with E-state index in [4.69, 9.17) is 11.6 Å². The fourth-order valence-electron chi connectivity index (χ4n) is 2.91. The molecular formula is C15H18ClNO2. The Morgan fingerprint density at radius 1 is 1.32 bits per heavy atom. The molecule has 3 rings (SSSR count). The summed E-state index contributed by atoms with van der Waals surface area (Å²) in [4.78, 5) is 13.7.